The average molecular weight is 373 g/mol. The van der Waals surface area contributed by atoms with E-state index in [0.29, 0.717) is 32.7 Å². The van der Waals surface area contributed by atoms with E-state index in [2.05, 4.69) is 0 Å². The lowest BCUT2D eigenvalue weighted by Crippen LogP contribution is -2.47. The molecule has 6 nitrogen and oxygen atoms in total. The highest BCUT2D eigenvalue weighted by Gasteiger charge is 2.57. The van der Waals surface area contributed by atoms with Gasteiger partial charge in [-0.2, -0.15) is 0 Å². The van der Waals surface area contributed by atoms with Crippen LogP contribution in [-0.2, 0) is 19.7 Å². The van der Waals surface area contributed by atoms with E-state index in [-0.39, 0.29) is 11.8 Å². The number of nitrogens with zero attached hydrogens (tertiary/aromatic N) is 1. The third-order valence-electron chi connectivity index (χ3n) is 6.91. The Bertz CT molecular complexity index is 742. The van der Waals surface area contributed by atoms with E-state index in [9.17, 15) is 14.7 Å². The average Bonchev–Trinajstić information content (AvgIpc) is 3.34. The molecule has 0 spiro atoms. The van der Waals surface area contributed by atoms with Crippen LogP contribution in [0.1, 0.15) is 37.7 Å². The fourth-order valence-corrected chi connectivity index (χ4v) is 5.28. The van der Waals surface area contributed by atoms with Gasteiger partial charge in [0.15, 0.2) is 0 Å². The Morgan fingerprint density at radius 2 is 2.04 bits per heavy atom. The molecule has 0 radical (unpaired) electrons. The third kappa shape index (κ3) is 2.81. The zero-order chi connectivity index (χ0) is 19.1. The summed E-state index contributed by atoms with van der Waals surface area (Å²) < 4.78 is 10.9. The quantitative estimate of drug-likeness (QED) is 0.877. The largest absolute Gasteiger partial charge is 0.497 e. The molecule has 2 saturated heterocycles. The number of methoxy groups -OCH3 is 1. The van der Waals surface area contributed by atoms with Gasteiger partial charge in [-0.25, -0.2) is 0 Å². The number of benzene rings is 1. The van der Waals surface area contributed by atoms with Crippen LogP contribution in [0.25, 0.3) is 0 Å². The number of likely N-dealkylation sites (tertiary alicyclic amines) is 1. The summed E-state index contributed by atoms with van der Waals surface area (Å²) in [5.74, 6) is -0.107. The number of carboxylic acid groups (broad SMARTS) is 1. The van der Waals surface area contributed by atoms with Crippen LogP contribution < -0.4 is 4.74 Å². The summed E-state index contributed by atoms with van der Waals surface area (Å²) in [7, 11) is 1.63. The van der Waals surface area contributed by atoms with Crippen molar-refractivity contribution in [2.24, 2.45) is 11.3 Å². The Kier molecular flexibility index (Phi) is 4.62. The van der Waals surface area contributed by atoms with Crippen molar-refractivity contribution in [2.75, 3.05) is 33.4 Å². The topological polar surface area (TPSA) is 76.1 Å². The fourth-order valence-electron chi connectivity index (χ4n) is 5.28. The first-order valence-electron chi connectivity index (χ1n) is 9.77. The van der Waals surface area contributed by atoms with E-state index >= 15 is 0 Å². The first-order chi connectivity index (χ1) is 13.0. The smallest absolute Gasteiger partial charge is 0.311 e. The molecule has 0 unspecified atom stereocenters. The Labute approximate surface area is 159 Å². The lowest BCUT2D eigenvalue weighted by atomic mass is 9.74. The van der Waals surface area contributed by atoms with Crippen molar-refractivity contribution in [3.63, 3.8) is 0 Å². The molecule has 1 aliphatic carbocycles. The summed E-state index contributed by atoms with van der Waals surface area (Å²) in [6.45, 7) is 1.63. The Morgan fingerprint density at radius 1 is 1.26 bits per heavy atom. The summed E-state index contributed by atoms with van der Waals surface area (Å²) in [5.41, 5.74) is -0.440. The second kappa shape index (κ2) is 6.82. The van der Waals surface area contributed by atoms with Crippen molar-refractivity contribution < 1.29 is 24.2 Å². The zero-order valence-corrected chi connectivity index (χ0v) is 15.8. The van der Waals surface area contributed by atoms with Gasteiger partial charge in [0.2, 0.25) is 5.91 Å². The molecule has 2 atom stereocenters. The number of carbonyl (C=O) groups is 2. The molecule has 1 saturated carbocycles. The number of amides is 1. The van der Waals surface area contributed by atoms with E-state index in [1.54, 1.807) is 12.0 Å². The monoisotopic (exact) mass is 373 g/mol. The van der Waals surface area contributed by atoms with Crippen LogP contribution in [0.5, 0.6) is 5.75 Å². The molecule has 2 heterocycles. The van der Waals surface area contributed by atoms with Crippen LogP contribution in [0.2, 0.25) is 0 Å². The van der Waals surface area contributed by atoms with E-state index < -0.39 is 16.8 Å². The lowest BCUT2D eigenvalue weighted by molar-refractivity contribution is -0.157. The van der Waals surface area contributed by atoms with Gasteiger partial charge in [0.25, 0.3) is 0 Å². The molecule has 27 heavy (non-hydrogen) atoms. The van der Waals surface area contributed by atoms with Gasteiger partial charge in [0.1, 0.15) is 5.75 Å². The Hall–Kier alpha value is -2.08. The minimum Gasteiger partial charge on any atom is -0.497 e. The van der Waals surface area contributed by atoms with Crippen molar-refractivity contribution in [1.29, 1.82) is 0 Å². The molecule has 4 rings (SSSR count). The Morgan fingerprint density at radius 3 is 2.70 bits per heavy atom. The molecular weight excluding hydrogens is 346 g/mol. The van der Waals surface area contributed by atoms with Crippen LogP contribution in [0.4, 0.5) is 0 Å². The number of fused-ring (bicyclic) bond motifs is 1. The highest BCUT2D eigenvalue weighted by molar-refractivity contribution is 5.90. The van der Waals surface area contributed by atoms with Crippen molar-refractivity contribution in [3.8, 4) is 5.75 Å². The standard InChI is InChI=1S/C21H27NO5/c1-26-17-6-4-5-15(11-17)20(7-2-3-8-20)18(23)22-12-16-13-27-10-9-21(16,14-22)19(24)25/h4-6,11,16H,2-3,7-10,12-14H2,1H3,(H,24,25)/t16-,21+/m0/s1. The predicted molar refractivity (Wildman–Crippen MR) is 98.7 cm³/mol. The molecule has 1 aromatic rings. The summed E-state index contributed by atoms with van der Waals surface area (Å²) in [4.78, 5) is 27.6. The molecule has 0 aromatic heterocycles. The number of hydrogen-bond acceptors (Lipinski definition) is 4. The molecule has 1 amide bonds. The third-order valence-corrected chi connectivity index (χ3v) is 6.91. The SMILES string of the molecule is COc1cccc(C2(C(=O)N3C[C@H]4COCC[C@@]4(C(=O)O)C3)CCCC2)c1. The molecule has 146 valence electrons. The Balaban J connectivity index is 1.66. The van der Waals surface area contributed by atoms with Crippen LogP contribution in [0.3, 0.4) is 0 Å². The van der Waals surface area contributed by atoms with Gasteiger partial charge in [-0.05, 0) is 37.0 Å². The first-order valence-corrected chi connectivity index (χ1v) is 9.77. The van der Waals surface area contributed by atoms with Crippen LogP contribution in [-0.4, -0.2) is 55.3 Å². The maximum atomic E-state index is 13.7. The summed E-state index contributed by atoms with van der Waals surface area (Å²) in [6, 6.07) is 7.78. The molecule has 3 fully saturated rings. The van der Waals surface area contributed by atoms with Gasteiger partial charge in [-0.15, -0.1) is 0 Å². The highest BCUT2D eigenvalue weighted by atomic mass is 16.5. The van der Waals surface area contributed by atoms with Crippen molar-refractivity contribution in [2.45, 2.75) is 37.5 Å². The zero-order valence-electron chi connectivity index (χ0n) is 15.8. The summed E-state index contributed by atoms with van der Waals surface area (Å²) in [6.07, 6.45) is 4.09. The second-order valence-electron chi connectivity index (χ2n) is 8.19. The second-order valence-corrected chi connectivity index (χ2v) is 8.19. The molecule has 2 aliphatic heterocycles. The van der Waals surface area contributed by atoms with E-state index in [4.69, 9.17) is 9.47 Å². The van der Waals surface area contributed by atoms with Crippen LogP contribution in [0.15, 0.2) is 24.3 Å². The number of hydrogen-bond donors (Lipinski definition) is 1. The maximum absolute atomic E-state index is 13.7. The highest BCUT2D eigenvalue weighted by Crippen LogP contribution is 2.48. The van der Waals surface area contributed by atoms with Crippen molar-refractivity contribution >= 4 is 11.9 Å². The lowest BCUT2D eigenvalue weighted by Gasteiger charge is -2.35. The molecule has 1 N–H and O–H groups in total. The fraction of sp³-hybridized carbons (Fsp3) is 0.619. The van der Waals surface area contributed by atoms with E-state index in [1.807, 2.05) is 24.3 Å². The maximum Gasteiger partial charge on any atom is 0.311 e. The van der Waals surface area contributed by atoms with Gasteiger partial charge in [-0.1, -0.05) is 25.0 Å². The van der Waals surface area contributed by atoms with E-state index in [0.717, 1.165) is 37.0 Å². The van der Waals surface area contributed by atoms with Crippen LogP contribution >= 0.6 is 0 Å². The summed E-state index contributed by atoms with van der Waals surface area (Å²) in [5, 5.41) is 9.90. The van der Waals surface area contributed by atoms with E-state index in [1.165, 1.54) is 0 Å². The molecule has 6 heteroatoms. The number of carboxylic acids is 1. The van der Waals surface area contributed by atoms with Gasteiger partial charge in [0, 0.05) is 25.6 Å². The number of aliphatic carboxylic acids is 1. The molecule has 0 bridgehead atoms. The number of carbonyl (C=O) groups excluding carboxylic acids is 1. The molecular formula is C21H27NO5. The number of rotatable bonds is 4. The normalized spacial score (nSPS) is 29.4. The van der Waals surface area contributed by atoms with Gasteiger partial charge in [0.05, 0.1) is 24.5 Å². The summed E-state index contributed by atoms with van der Waals surface area (Å²) >= 11 is 0. The van der Waals surface area contributed by atoms with Gasteiger partial charge < -0.3 is 19.5 Å². The molecule has 3 aliphatic rings. The van der Waals surface area contributed by atoms with Gasteiger partial charge >= 0.3 is 5.97 Å². The molecule has 1 aromatic carbocycles. The predicted octanol–water partition coefficient (Wildman–Crippen LogP) is 2.46. The first kappa shape index (κ1) is 18.3. The minimum atomic E-state index is -0.859. The van der Waals surface area contributed by atoms with Gasteiger partial charge in [-0.3, -0.25) is 9.59 Å². The number of ether oxygens (including phenoxy) is 2. The van der Waals surface area contributed by atoms with Crippen LogP contribution in [0, 0.1) is 11.3 Å². The van der Waals surface area contributed by atoms with Crippen molar-refractivity contribution in [3.05, 3.63) is 29.8 Å². The minimum absolute atomic E-state index is 0.0725. The van der Waals surface area contributed by atoms with Crippen molar-refractivity contribution in [1.82, 2.24) is 4.90 Å².